The summed E-state index contributed by atoms with van der Waals surface area (Å²) in [5.41, 5.74) is 7.89. The number of carbonyl (C=O) groups is 1. The van der Waals surface area contributed by atoms with Crippen LogP contribution in [0.4, 0.5) is 4.39 Å². The quantitative estimate of drug-likeness (QED) is 0.856. The van der Waals surface area contributed by atoms with E-state index in [2.05, 4.69) is 5.32 Å². The molecule has 0 radical (unpaired) electrons. The van der Waals surface area contributed by atoms with E-state index in [0.29, 0.717) is 13.0 Å². The number of carbonyl (C=O) groups excluding carboxylic acids is 1. The maximum Gasteiger partial charge on any atom is 0.237 e. The molecule has 2 rings (SSSR count). The van der Waals surface area contributed by atoms with Crippen LogP contribution in [0, 0.1) is 5.82 Å². The van der Waals surface area contributed by atoms with Gasteiger partial charge in [-0.05, 0) is 36.1 Å². The largest absolute Gasteiger partial charge is 0.351 e. The Morgan fingerprint density at radius 2 is 1.71 bits per heavy atom. The smallest absolute Gasteiger partial charge is 0.237 e. The highest BCUT2D eigenvalue weighted by Gasteiger charge is 2.12. The Morgan fingerprint density at radius 1 is 1.05 bits per heavy atom. The van der Waals surface area contributed by atoms with Crippen molar-refractivity contribution in [2.24, 2.45) is 5.73 Å². The molecule has 0 saturated carbocycles. The number of rotatable bonds is 6. The fourth-order valence-corrected chi connectivity index (χ4v) is 2.02. The zero-order valence-corrected chi connectivity index (χ0v) is 11.8. The van der Waals surface area contributed by atoms with Crippen molar-refractivity contribution in [1.82, 2.24) is 5.32 Å². The minimum Gasteiger partial charge on any atom is -0.351 e. The molecule has 4 heteroatoms. The average molecular weight is 286 g/mol. The molecule has 0 unspecified atom stereocenters. The van der Waals surface area contributed by atoms with E-state index in [4.69, 9.17) is 5.73 Å². The molecule has 0 saturated heterocycles. The Morgan fingerprint density at radius 3 is 2.38 bits per heavy atom. The summed E-state index contributed by atoms with van der Waals surface area (Å²) < 4.78 is 12.8. The molecular formula is C17H19FN2O. The predicted octanol–water partition coefficient (Wildman–Crippen LogP) is 2.40. The highest BCUT2D eigenvalue weighted by Crippen LogP contribution is 2.05. The van der Waals surface area contributed by atoms with Gasteiger partial charge < -0.3 is 11.1 Å². The third kappa shape index (κ3) is 5.00. The second kappa shape index (κ2) is 7.55. The molecule has 0 aliphatic heterocycles. The van der Waals surface area contributed by atoms with Crippen molar-refractivity contribution >= 4 is 5.91 Å². The van der Waals surface area contributed by atoms with Crippen LogP contribution >= 0.6 is 0 Å². The lowest BCUT2D eigenvalue weighted by atomic mass is 10.1. The molecule has 3 nitrogen and oxygen atoms in total. The first-order valence-electron chi connectivity index (χ1n) is 6.97. The second-order valence-electron chi connectivity index (χ2n) is 4.98. The molecule has 21 heavy (non-hydrogen) atoms. The summed E-state index contributed by atoms with van der Waals surface area (Å²) >= 11 is 0. The van der Waals surface area contributed by atoms with Crippen molar-refractivity contribution in [3.05, 3.63) is 71.5 Å². The van der Waals surface area contributed by atoms with E-state index < -0.39 is 6.04 Å². The first-order chi connectivity index (χ1) is 10.1. The monoisotopic (exact) mass is 286 g/mol. The first kappa shape index (κ1) is 15.2. The summed E-state index contributed by atoms with van der Waals surface area (Å²) in [5, 5.41) is 2.77. The van der Waals surface area contributed by atoms with Gasteiger partial charge in [-0.1, -0.05) is 42.5 Å². The van der Waals surface area contributed by atoms with Crippen LogP contribution < -0.4 is 11.1 Å². The van der Waals surface area contributed by atoms with Gasteiger partial charge in [0.15, 0.2) is 0 Å². The van der Waals surface area contributed by atoms with Crippen LogP contribution in [-0.4, -0.2) is 11.9 Å². The minimum absolute atomic E-state index is 0.185. The Kier molecular flexibility index (Phi) is 5.46. The van der Waals surface area contributed by atoms with Crippen LogP contribution in [-0.2, 0) is 17.8 Å². The van der Waals surface area contributed by atoms with Crippen LogP contribution in [0.25, 0.3) is 0 Å². The molecule has 2 aromatic carbocycles. The van der Waals surface area contributed by atoms with E-state index in [1.807, 2.05) is 30.3 Å². The lowest BCUT2D eigenvalue weighted by molar-refractivity contribution is -0.122. The summed E-state index contributed by atoms with van der Waals surface area (Å²) in [6.07, 6.45) is 1.37. The average Bonchev–Trinajstić information content (AvgIpc) is 2.52. The predicted molar refractivity (Wildman–Crippen MR) is 81.0 cm³/mol. The minimum atomic E-state index is -0.536. The third-order valence-electron chi connectivity index (χ3n) is 3.30. The fourth-order valence-electron chi connectivity index (χ4n) is 2.02. The van der Waals surface area contributed by atoms with Crippen molar-refractivity contribution in [3.8, 4) is 0 Å². The van der Waals surface area contributed by atoms with Gasteiger partial charge in [0.2, 0.25) is 5.91 Å². The van der Waals surface area contributed by atoms with E-state index in [1.165, 1.54) is 17.7 Å². The summed E-state index contributed by atoms with van der Waals surface area (Å²) in [4.78, 5) is 11.9. The molecule has 0 fully saturated rings. The number of nitrogens with two attached hydrogens (primary N) is 1. The van der Waals surface area contributed by atoms with Crippen LogP contribution in [0.2, 0.25) is 0 Å². The van der Waals surface area contributed by atoms with Gasteiger partial charge in [-0.2, -0.15) is 0 Å². The van der Waals surface area contributed by atoms with Crippen LogP contribution in [0.15, 0.2) is 54.6 Å². The van der Waals surface area contributed by atoms with E-state index in [9.17, 15) is 9.18 Å². The second-order valence-corrected chi connectivity index (χ2v) is 4.98. The molecule has 3 N–H and O–H groups in total. The lowest BCUT2D eigenvalue weighted by Crippen LogP contribution is -2.40. The van der Waals surface area contributed by atoms with Gasteiger partial charge in [-0.3, -0.25) is 4.79 Å². The summed E-state index contributed by atoms with van der Waals surface area (Å²) in [6.45, 7) is 0.359. The number of halogens is 1. The van der Waals surface area contributed by atoms with Crippen molar-refractivity contribution in [2.45, 2.75) is 25.4 Å². The number of amides is 1. The van der Waals surface area contributed by atoms with Gasteiger partial charge >= 0.3 is 0 Å². The molecule has 0 aliphatic carbocycles. The van der Waals surface area contributed by atoms with E-state index in [1.54, 1.807) is 12.1 Å². The SMILES string of the molecule is N[C@@H](CCc1ccccc1)C(=O)NCc1ccc(F)cc1. The number of hydrogen-bond donors (Lipinski definition) is 2. The number of aryl methyl sites for hydroxylation is 1. The maximum absolute atomic E-state index is 12.8. The molecule has 1 atom stereocenters. The third-order valence-corrected chi connectivity index (χ3v) is 3.30. The number of benzene rings is 2. The fraction of sp³-hybridized carbons (Fsp3) is 0.235. The molecule has 2 aromatic rings. The molecule has 0 aliphatic rings. The molecular weight excluding hydrogens is 267 g/mol. The van der Waals surface area contributed by atoms with Gasteiger partial charge in [0, 0.05) is 6.54 Å². The topological polar surface area (TPSA) is 55.1 Å². The van der Waals surface area contributed by atoms with Gasteiger partial charge in [0.1, 0.15) is 5.82 Å². The van der Waals surface area contributed by atoms with E-state index in [-0.39, 0.29) is 11.7 Å². The van der Waals surface area contributed by atoms with Crippen molar-refractivity contribution in [1.29, 1.82) is 0 Å². The Labute approximate surface area is 124 Å². The standard InChI is InChI=1S/C17H19FN2O/c18-15-9-6-14(7-10-15)12-20-17(21)16(19)11-8-13-4-2-1-3-5-13/h1-7,9-10,16H,8,11-12,19H2,(H,20,21)/t16-/m0/s1. The molecule has 1 amide bonds. The maximum atomic E-state index is 12.8. The summed E-state index contributed by atoms with van der Waals surface area (Å²) in [7, 11) is 0. The van der Waals surface area contributed by atoms with Gasteiger partial charge in [0.25, 0.3) is 0 Å². The zero-order chi connectivity index (χ0) is 15.1. The highest BCUT2D eigenvalue weighted by atomic mass is 19.1. The first-order valence-corrected chi connectivity index (χ1v) is 6.97. The lowest BCUT2D eigenvalue weighted by Gasteiger charge is -2.12. The molecule has 110 valence electrons. The normalized spacial score (nSPS) is 11.9. The molecule has 0 heterocycles. The Balaban J connectivity index is 1.76. The van der Waals surface area contributed by atoms with Crippen molar-refractivity contribution in [2.75, 3.05) is 0 Å². The van der Waals surface area contributed by atoms with E-state index in [0.717, 1.165) is 12.0 Å². The van der Waals surface area contributed by atoms with Gasteiger partial charge in [0.05, 0.1) is 6.04 Å². The number of nitrogens with one attached hydrogen (secondary N) is 1. The molecule has 0 spiro atoms. The van der Waals surface area contributed by atoms with Gasteiger partial charge in [-0.15, -0.1) is 0 Å². The Bertz CT molecular complexity index is 569. The van der Waals surface area contributed by atoms with Crippen LogP contribution in [0.1, 0.15) is 17.5 Å². The molecule has 0 bridgehead atoms. The van der Waals surface area contributed by atoms with Crippen molar-refractivity contribution in [3.63, 3.8) is 0 Å². The summed E-state index contributed by atoms with van der Waals surface area (Å²) in [5.74, 6) is -0.472. The van der Waals surface area contributed by atoms with Crippen molar-refractivity contribution < 1.29 is 9.18 Å². The number of hydrogen-bond acceptors (Lipinski definition) is 2. The van der Waals surface area contributed by atoms with Gasteiger partial charge in [-0.25, -0.2) is 4.39 Å². The highest BCUT2D eigenvalue weighted by molar-refractivity contribution is 5.81. The van der Waals surface area contributed by atoms with Crippen LogP contribution in [0.3, 0.4) is 0 Å². The summed E-state index contributed by atoms with van der Waals surface area (Å²) in [6, 6.07) is 15.4. The zero-order valence-electron chi connectivity index (χ0n) is 11.8. The van der Waals surface area contributed by atoms with E-state index >= 15 is 0 Å². The van der Waals surface area contributed by atoms with Crippen LogP contribution in [0.5, 0.6) is 0 Å². The Hall–Kier alpha value is -2.20. The molecule has 0 aromatic heterocycles.